The van der Waals surface area contributed by atoms with Crippen LogP contribution in [-0.4, -0.2) is 62.6 Å². The van der Waals surface area contributed by atoms with Crippen LogP contribution in [0.25, 0.3) is 0 Å². The molecule has 0 atom stereocenters. The Labute approximate surface area is 466 Å². The van der Waals surface area contributed by atoms with E-state index in [-0.39, 0.29) is 0 Å². The molecule has 26 heteroatoms. The van der Waals surface area contributed by atoms with Gasteiger partial charge in [-0.25, -0.2) is 0 Å². The SMILES string of the molecule is CSC1=C(SC)SC(=C2SC(SC)=C(C3=C(C4=C(C5=C(SC)SC(=C6SC(SC)=C(SC)S6)S5)SC(=C5SC(SC)=C(SC)S5)S4)SC(=C4SC(SC)=C(SC)S4)S3)S2)S1. The molecule has 0 aromatic rings. The Morgan fingerprint density at radius 2 is 0.300 bits per heavy atom. The van der Waals surface area contributed by atoms with Gasteiger partial charge in [0.15, 0.2) is 0 Å². The van der Waals surface area contributed by atoms with Crippen molar-refractivity contribution in [3.63, 3.8) is 0 Å². The number of hydrogen-bond acceptors (Lipinski definition) is 26. The number of hydrogen-bond donors (Lipinski definition) is 0. The maximum Gasteiger partial charge on any atom is 0.0717 e. The lowest BCUT2D eigenvalue weighted by Crippen LogP contribution is -1.88. The van der Waals surface area contributed by atoms with Gasteiger partial charge in [0.25, 0.3) is 0 Å². The molecule has 0 saturated heterocycles. The van der Waals surface area contributed by atoms with E-state index >= 15 is 0 Å². The molecule has 0 unspecified atom stereocenters. The van der Waals surface area contributed by atoms with Crippen molar-refractivity contribution < 1.29 is 0 Å². The highest BCUT2D eigenvalue weighted by molar-refractivity contribution is 8.46. The van der Waals surface area contributed by atoms with Crippen molar-refractivity contribution in [2.45, 2.75) is 0 Å². The molecule has 0 aromatic heterocycles. The molecule has 8 aliphatic rings. The lowest BCUT2D eigenvalue weighted by atomic mass is 10.4. The molecule has 0 fully saturated rings. The monoisotopic (exact) mass is 1270 g/mol. The first kappa shape index (κ1) is 52.3. The van der Waals surface area contributed by atoms with Crippen LogP contribution in [0.1, 0.15) is 0 Å². The summed E-state index contributed by atoms with van der Waals surface area (Å²) in [5.41, 5.74) is 0. The Morgan fingerprint density at radius 1 is 0.167 bits per heavy atom. The van der Waals surface area contributed by atoms with Crippen molar-refractivity contribution in [1.82, 2.24) is 0 Å². The molecule has 8 rings (SSSR count). The van der Waals surface area contributed by atoms with Gasteiger partial charge in [-0.3, -0.25) is 0 Å². The second kappa shape index (κ2) is 24.6. The third-order valence-electron chi connectivity index (χ3n) is 7.61. The molecule has 8 heterocycles. The van der Waals surface area contributed by atoms with Crippen molar-refractivity contribution in [3.05, 3.63) is 106 Å². The Balaban J connectivity index is 1.26. The van der Waals surface area contributed by atoms with Gasteiger partial charge in [-0.1, -0.05) is 188 Å². The van der Waals surface area contributed by atoms with Gasteiger partial charge in [-0.05, 0) is 62.6 Å². The first-order valence-electron chi connectivity index (χ1n) is 16.4. The summed E-state index contributed by atoms with van der Waals surface area (Å²) in [6, 6.07) is 0. The van der Waals surface area contributed by atoms with Crippen molar-refractivity contribution in [2.75, 3.05) is 62.6 Å². The summed E-state index contributed by atoms with van der Waals surface area (Å²) in [6.45, 7) is 0. The fourth-order valence-corrected chi connectivity index (χ4v) is 40.0. The topological polar surface area (TPSA) is 0 Å². The number of rotatable bonds is 13. The molecular formula is C34H30S26. The summed E-state index contributed by atoms with van der Waals surface area (Å²) < 4.78 is 25.8. The van der Waals surface area contributed by atoms with Gasteiger partial charge in [0, 0.05) is 29.4 Å². The van der Waals surface area contributed by atoms with Gasteiger partial charge in [-0.15, -0.1) is 118 Å². The lowest BCUT2D eigenvalue weighted by Gasteiger charge is -2.11. The first-order valence-corrected chi connectivity index (χ1v) is 41.7. The predicted octanol–water partition coefficient (Wildman–Crippen LogP) is 22.2. The number of thioether (sulfide) groups is 26. The van der Waals surface area contributed by atoms with Crippen LogP contribution in [0.15, 0.2) is 106 Å². The van der Waals surface area contributed by atoms with E-state index in [9.17, 15) is 0 Å². The summed E-state index contributed by atoms with van der Waals surface area (Å²) in [6.07, 6.45) is 22.3. The maximum absolute atomic E-state index is 2.27. The Morgan fingerprint density at radius 3 is 0.500 bits per heavy atom. The quantitative estimate of drug-likeness (QED) is 0.172. The summed E-state index contributed by atoms with van der Waals surface area (Å²) in [7, 11) is 0. The zero-order valence-corrected chi connectivity index (χ0v) is 53.8. The Hall–Kier alpha value is 5.98. The van der Waals surface area contributed by atoms with Crippen molar-refractivity contribution in [2.24, 2.45) is 0 Å². The van der Waals surface area contributed by atoms with E-state index in [1.807, 2.05) is 306 Å². The summed E-state index contributed by atoms with van der Waals surface area (Å²) in [5.74, 6) is 0. The Kier molecular flexibility index (Phi) is 21.4. The van der Waals surface area contributed by atoms with Crippen LogP contribution in [0.4, 0.5) is 0 Å². The molecule has 8 aliphatic heterocycles. The van der Waals surface area contributed by atoms with Gasteiger partial charge in [0.1, 0.15) is 0 Å². The van der Waals surface area contributed by atoms with Crippen LogP contribution in [-0.2, 0) is 0 Å². The third-order valence-corrected chi connectivity index (χ3v) is 44.0. The summed E-state index contributed by atoms with van der Waals surface area (Å²) in [4.78, 5) is 8.62. The van der Waals surface area contributed by atoms with Crippen LogP contribution in [0.3, 0.4) is 0 Å². The molecule has 0 saturated carbocycles. The molecular weight excluding hydrogens is 1240 g/mol. The van der Waals surface area contributed by atoms with Crippen LogP contribution in [0.5, 0.6) is 0 Å². The highest BCUT2D eigenvalue weighted by Gasteiger charge is 2.43. The van der Waals surface area contributed by atoms with Gasteiger partial charge < -0.3 is 0 Å². The van der Waals surface area contributed by atoms with E-state index in [0.717, 1.165) is 0 Å². The van der Waals surface area contributed by atoms with E-state index < -0.39 is 0 Å². The highest BCUT2D eigenvalue weighted by Crippen LogP contribution is 2.75. The largest absolute Gasteiger partial charge is 0.121 e. The van der Waals surface area contributed by atoms with Crippen molar-refractivity contribution >= 4 is 306 Å². The van der Waals surface area contributed by atoms with Crippen LogP contribution >= 0.6 is 306 Å². The molecule has 0 bridgehead atoms. The zero-order valence-electron chi connectivity index (χ0n) is 32.6. The first-order chi connectivity index (χ1) is 29.2. The van der Waals surface area contributed by atoms with Gasteiger partial charge in [0.05, 0.1) is 76.3 Å². The van der Waals surface area contributed by atoms with Crippen molar-refractivity contribution in [1.29, 1.82) is 0 Å². The van der Waals surface area contributed by atoms with E-state index in [4.69, 9.17) is 0 Å². The van der Waals surface area contributed by atoms with Gasteiger partial charge in [0.2, 0.25) is 0 Å². The molecule has 0 radical (unpaired) electrons. The third kappa shape index (κ3) is 11.3. The summed E-state index contributed by atoms with van der Waals surface area (Å²) in [5, 5.41) is 0. The minimum atomic E-state index is 1.42. The molecule has 0 aromatic carbocycles. The van der Waals surface area contributed by atoms with Crippen LogP contribution in [0.2, 0.25) is 0 Å². The van der Waals surface area contributed by atoms with E-state index in [0.29, 0.717) is 0 Å². The van der Waals surface area contributed by atoms with Crippen LogP contribution < -0.4 is 0 Å². The van der Waals surface area contributed by atoms with Crippen LogP contribution in [0, 0.1) is 0 Å². The Bertz CT molecular complexity index is 2040. The highest BCUT2D eigenvalue weighted by atomic mass is 32.3. The molecule has 0 nitrogen and oxygen atoms in total. The van der Waals surface area contributed by atoms with E-state index in [2.05, 4.69) is 62.6 Å². The lowest BCUT2D eigenvalue weighted by molar-refractivity contribution is 1.73. The van der Waals surface area contributed by atoms with Gasteiger partial charge >= 0.3 is 0 Å². The second-order valence-corrected chi connectivity index (χ2v) is 40.0. The smallest absolute Gasteiger partial charge is 0.0717 e. The molecule has 0 spiro atoms. The predicted molar refractivity (Wildman–Crippen MR) is 341 cm³/mol. The standard InChI is InChI=1S/C34H30S26/c1-35-17-15(49-29(51-17)33-57-23(41-7)24(42-8)58-33)13-11(45-27(47-13)31-53-19(37-3)20(38-4)54-31)12-14(48-28(46-12)32-55-21(39-5)22(40-6)56-32)16-18(36-2)52-30(50-16)34-59-25(43-9)26(44-10)60-34/h1-10H3. The molecule has 322 valence electrons. The zero-order chi connectivity index (χ0) is 42.2. The minimum Gasteiger partial charge on any atom is -0.121 e. The fraction of sp³-hybridized carbons (Fsp3) is 0.294. The molecule has 60 heavy (non-hydrogen) atoms. The van der Waals surface area contributed by atoms with E-state index in [1.54, 1.807) is 0 Å². The molecule has 0 amide bonds. The molecule has 0 aliphatic carbocycles. The van der Waals surface area contributed by atoms with E-state index in [1.165, 1.54) is 106 Å². The van der Waals surface area contributed by atoms with Gasteiger partial charge in [-0.2, -0.15) is 0 Å². The normalized spacial score (nSPS) is 23.3. The average molecular weight is 1270 g/mol. The fourth-order valence-electron chi connectivity index (χ4n) is 5.07. The second-order valence-electron chi connectivity index (χ2n) is 10.8. The average Bonchev–Trinajstić information content (AvgIpc) is 4.14. The molecule has 0 N–H and O–H groups in total. The van der Waals surface area contributed by atoms with Crippen molar-refractivity contribution in [3.8, 4) is 0 Å². The summed E-state index contributed by atoms with van der Waals surface area (Å²) >= 11 is 50.9. The minimum absolute atomic E-state index is 1.42. The maximum atomic E-state index is 2.27.